The smallest absolute Gasteiger partial charge is 0.148 e. The quantitative estimate of drug-likeness (QED) is 0.166. The number of nitrogens with zero attached hydrogens (tertiary/aromatic N) is 3. The molecule has 4 aromatic heterocycles. The third-order valence-corrected chi connectivity index (χ3v) is 9.40. The minimum Gasteiger partial charge on any atom is -0.498 e. The topological polar surface area (TPSA) is 51.8 Å². The van der Waals surface area contributed by atoms with Gasteiger partial charge in [0.25, 0.3) is 0 Å². The van der Waals surface area contributed by atoms with Crippen LogP contribution in [-0.2, 0) is 20.1 Å². The molecule has 0 bridgehead atoms. The van der Waals surface area contributed by atoms with Crippen molar-refractivity contribution < 1.29 is 30.0 Å². The molecule has 0 fully saturated rings. The molecule has 247 valence electrons. The monoisotopic (exact) mass is 840 g/mol. The van der Waals surface area contributed by atoms with Gasteiger partial charge >= 0.3 is 0 Å². The van der Waals surface area contributed by atoms with Crippen molar-refractivity contribution in [3.05, 3.63) is 136 Å². The van der Waals surface area contributed by atoms with Crippen molar-refractivity contribution in [2.45, 2.75) is 54.3 Å². The van der Waals surface area contributed by atoms with Crippen LogP contribution >= 0.6 is 11.3 Å². The van der Waals surface area contributed by atoms with Crippen molar-refractivity contribution in [1.29, 1.82) is 0 Å². The molecule has 6 heteroatoms. The summed E-state index contributed by atoms with van der Waals surface area (Å²) in [7, 11) is 0. The van der Waals surface area contributed by atoms with Crippen LogP contribution in [0, 0.1) is 46.7 Å². The molecule has 1 radical (unpaired) electrons. The van der Waals surface area contributed by atoms with Gasteiger partial charge in [-0.3, -0.25) is 0 Å². The number of hydrogen-bond donors (Lipinski definition) is 0. The molecule has 0 unspecified atom stereocenters. The van der Waals surface area contributed by atoms with Gasteiger partial charge in [0.2, 0.25) is 0 Å². The third-order valence-electron chi connectivity index (χ3n) is 8.56. The Morgan fingerprint density at radius 1 is 0.816 bits per heavy atom. The fourth-order valence-electron chi connectivity index (χ4n) is 6.11. The number of furan rings is 1. The summed E-state index contributed by atoms with van der Waals surface area (Å²) >= 11 is 1.16. The Hall–Kier alpha value is -4.48. The van der Waals surface area contributed by atoms with Crippen LogP contribution in [0.2, 0.25) is 0 Å². The number of pyridine rings is 2. The Labute approximate surface area is 311 Å². The van der Waals surface area contributed by atoms with Crippen molar-refractivity contribution in [2.75, 3.05) is 0 Å². The minimum absolute atomic E-state index is 0. The zero-order valence-corrected chi connectivity index (χ0v) is 31.4. The average Bonchev–Trinajstić information content (AvgIpc) is 3.72. The molecule has 0 saturated heterocycles. The molecular weight excluding hydrogens is 799 g/mol. The number of rotatable bonds is 4. The number of fused-ring (bicyclic) bond motifs is 5. The van der Waals surface area contributed by atoms with Crippen LogP contribution < -0.4 is 0 Å². The Bertz CT molecular complexity index is 2520. The Kier molecular flexibility index (Phi) is 8.51. The summed E-state index contributed by atoms with van der Waals surface area (Å²) in [5.41, 5.74) is 12.7. The molecule has 0 aliphatic carbocycles. The predicted molar refractivity (Wildman–Crippen MR) is 201 cm³/mol. The fourth-order valence-corrected chi connectivity index (χ4v) is 6.83. The van der Waals surface area contributed by atoms with Gasteiger partial charge in [0.15, 0.2) is 0 Å². The van der Waals surface area contributed by atoms with E-state index in [1.54, 1.807) is 0 Å². The third kappa shape index (κ3) is 6.74. The van der Waals surface area contributed by atoms with Gasteiger partial charge in [-0.25, -0.2) is 4.98 Å². The van der Waals surface area contributed by atoms with Gasteiger partial charge in [0.05, 0.1) is 15.3 Å². The van der Waals surface area contributed by atoms with E-state index in [-0.39, 0.29) is 25.1 Å². The van der Waals surface area contributed by atoms with Crippen molar-refractivity contribution in [1.82, 2.24) is 15.0 Å². The summed E-state index contributed by atoms with van der Waals surface area (Å²) in [6.45, 7) is 9.75. The summed E-state index contributed by atoms with van der Waals surface area (Å²) in [5, 5.41) is 1.84. The van der Waals surface area contributed by atoms with Crippen LogP contribution in [0.25, 0.3) is 65.8 Å². The molecule has 0 N–H and O–H groups in total. The van der Waals surface area contributed by atoms with Crippen LogP contribution in [0.1, 0.15) is 58.0 Å². The van der Waals surface area contributed by atoms with Gasteiger partial charge in [0.1, 0.15) is 11.1 Å². The second-order valence-corrected chi connectivity index (χ2v) is 13.4. The molecule has 0 atom stereocenters. The second kappa shape index (κ2) is 14.2. The van der Waals surface area contributed by atoms with E-state index in [1.165, 1.54) is 11.1 Å². The molecule has 8 rings (SSSR count). The van der Waals surface area contributed by atoms with Crippen molar-refractivity contribution in [3.63, 3.8) is 0 Å². The molecule has 8 aromatic rings. The van der Waals surface area contributed by atoms with Crippen LogP contribution in [0.4, 0.5) is 0 Å². The zero-order valence-electron chi connectivity index (χ0n) is 32.2. The molecule has 4 nitrogen and oxygen atoms in total. The van der Waals surface area contributed by atoms with E-state index in [9.17, 15) is 0 Å². The van der Waals surface area contributed by atoms with Crippen LogP contribution in [-0.4, -0.2) is 15.0 Å². The summed E-state index contributed by atoms with van der Waals surface area (Å²) in [6.07, 6.45) is 3.73. The maximum absolute atomic E-state index is 8.94. The van der Waals surface area contributed by atoms with Crippen LogP contribution in [0.5, 0.6) is 0 Å². The van der Waals surface area contributed by atoms with Gasteiger partial charge in [-0.15, -0.1) is 64.9 Å². The molecule has 0 aliphatic rings. The maximum atomic E-state index is 8.94. The predicted octanol–water partition coefficient (Wildman–Crippen LogP) is 11.9. The van der Waals surface area contributed by atoms with Gasteiger partial charge in [-0.1, -0.05) is 74.2 Å². The molecule has 0 saturated carbocycles. The van der Waals surface area contributed by atoms with Gasteiger partial charge < -0.3 is 14.4 Å². The molecule has 4 heterocycles. The normalized spacial score (nSPS) is 12.9. The van der Waals surface area contributed by atoms with E-state index >= 15 is 0 Å². The van der Waals surface area contributed by atoms with Crippen molar-refractivity contribution in [2.24, 2.45) is 0 Å². The summed E-state index contributed by atoms with van der Waals surface area (Å²) in [5.74, 6) is -0.873. The maximum Gasteiger partial charge on any atom is 0.148 e. The van der Waals surface area contributed by atoms with Crippen LogP contribution in [0.15, 0.2) is 95.7 Å². The van der Waals surface area contributed by atoms with E-state index in [4.69, 9.17) is 14.9 Å². The second-order valence-electron chi connectivity index (χ2n) is 12.4. The molecule has 0 aliphatic heterocycles. The first-order valence-electron chi connectivity index (χ1n) is 17.8. The van der Waals surface area contributed by atoms with Gasteiger partial charge in [-0.05, 0) is 78.8 Å². The first-order valence-corrected chi connectivity index (χ1v) is 16.7. The molecule has 0 spiro atoms. The first-order chi connectivity index (χ1) is 24.7. The average molecular weight is 840 g/mol. The summed E-state index contributed by atoms with van der Waals surface area (Å²) in [4.78, 5) is 13.6. The Morgan fingerprint density at radius 3 is 2.27 bits per heavy atom. The van der Waals surface area contributed by atoms with E-state index in [0.29, 0.717) is 27.9 Å². The Balaban J connectivity index is 0.000000269. The van der Waals surface area contributed by atoms with Gasteiger partial charge in [-0.2, -0.15) is 0 Å². The molecular formula is C43H37IrN3OS-2. The summed E-state index contributed by atoms with van der Waals surface area (Å²) in [6, 6.07) is 32.5. The first kappa shape index (κ1) is 29.4. The Morgan fingerprint density at radius 2 is 1.57 bits per heavy atom. The largest absolute Gasteiger partial charge is 0.498 e. The standard InChI is InChI=1S/C30H25N2OS.C13H12N.Ir/c1-16(2)23-14-25(31-15-24(23)27-17(3)8-6-9-18(27)4)22-11-7-10-20-21-12-13-26-28(32-19(5)34-26)30(21)33-29(20)22;1-10-3-6-12(7-4-10)13-8-5-11(2)9-14-13;/h6-10,12-16H,1-5H3;3-6,8-9H,1-2H3;/q2*-1;/i5D3,16D;;. The van der Waals surface area contributed by atoms with Crippen LogP contribution in [0.3, 0.4) is 0 Å². The van der Waals surface area contributed by atoms with Crippen molar-refractivity contribution >= 4 is 43.5 Å². The summed E-state index contributed by atoms with van der Waals surface area (Å²) < 4.78 is 39.4. The van der Waals surface area contributed by atoms with E-state index in [0.717, 1.165) is 65.9 Å². The van der Waals surface area contributed by atoms with Gasteiger partial charge in [0, 0.05) is 48.9 Å². The van der Waals surface area contributed by atoms with E-state index < -0.39 is 12.7 Å². The van der Waals surface area contributed by atoms with Crippen molar-refractivity contribution in [3.8, 4) is 33.6 Å². The molecule has 0 amide bonds. The SMILES string of the molecule is Cc1c[c-]c(-c2ccc(C)cn2)cc1.[2H]C([2H])([2H])c1nc2c(ccc3c4cc[c-]c(-c5cc(C([2H])(C)C)c(-c6c(C)cccc6C)cn5)c4oc32)s1.[Ir]. The molecule has 4 aromatic carbocycles. The number of hydrogen-bond acceptors (Lipinski definition) is 5. The zero-order chi connectivity index (χ0) is 36.9. The molecule has 49 heavy (non-hydrogen) atoms. The number of benzene rings is 4. The van der Waals surface area contributed by atoms with E-state index in [2.05, 4.69) is 67.1 Å². The number of thiazole rings is 1. The number of aryl methyl sites for hydroxylation is 5. The van der Waals surface area contributed by atoms with E-state index in [1.807, 2.05) is 87.8 Å². The fraction of sp³-hybridized carbons (Fsp3) is 0.186. The number of aromatic nitrogens is 3. The minimum atomic E-state index is -2.28.